The lowest BCUT2D eigenvalue weighted by molar-refractivity contribution is 0.454. The molecule has 0 saturated carbocycles. The Kier molecular flexibility index (Phi) is 6.96. The smallest absolute Gasteiger partial charge is 0.127 e. The first kappa shape index (κ1) is 15.2. The lowest BCUT2D eigenvalue weighted by atomic mass is 9.98. The summed E-state index contributed by atoms with van der Waals surface area (Å²) in [6.45, 7) is 7.31. The maximum absolute atomic E-state index is 13.9. The van der Waals surface area contributed by atoms with Crippen LogP contribution >= 0.6 is 0 Å². The fraction of sp³-hybridized carbons (Fsp3) is 0.625. The summed E-state index contributed by atoms with van der Waals surface area (Å²) in [5, 5.41) is 3.47. The summed E-state index contributed by atoms with van der Waals surface area (Å²) in [7, 11) is 0. The van der Waals surface area contributed by atoms with E-state index in [1.54, 1.807) is 6.07 Å². The van der Waals surface area contributed by atoms with Gasteiger partial charge >= 0.3 is 0 Å². The predicted octanol–water partition coefficient (Wildman–Crippen LogP) is 4.76. The third-order valence-electron chi connectivity index (χ3n) is 3.26. The molecule has 0 fully saturated rings. The van der Waals surface area contributed by atoms with Crippen LogP contribution in [0.25, 0.3) is 0 Å². The molecule has 1 atom stereocenters. The maximum atomic E-state index is 13.9. The van der Waals surface area contributed by atoms with E-state index in [2.05, 4.69) is 19.2 Å². The van der Waals surface area contributed by atoms with Crippen molar-refractivity contribution < 1.29 is 4.39 Å². The van der Waals surface area contributed by atoms with Crippen LogP contribution in [0.2, 0.25) is 0 Å². The predicted molar refractivity (Wildman–Crippen MR) is 76.3 cm³/mol. The van der Waals surface area contributed by atoms with E-state index in [-0.39, 0.29) is 11.9 Å². The van der Waals surface area contributed by atoms with Crippen LogP contribution in [0.4, 0.5) is 4.39 Å². The molecule has 1 aromatic carbocycles. The van der Waals surface area contributed by atoms with Gasteiger partial charge in [-0.05, 0) is 32.4 Å². The fourth-order valence-electron chi connectivity index (χ4n) is 2.21. The second-order valence-corrected chi connectivity index (χ2v) is 5.03. The molecule has 0 amide bonds. The molecule has 0 aliphatic rings. The van der Waals surface area contributed by atoms with Crippen LogP contribution in [0.5, 0.6) is 0 Å². The molecule has 1 unspecified atom stereocenters. The first-order valence-corrected chi connectivity index (χ1v) is 7.18. The van der Waals surface area contributed by atoms with Crippen molar-refractivity contribution >= 4 is 0 Å². The second-order valence-electron chi connectivity index (χ2n) is 5.03. The second kappa shape index (κ2) is 8.25. The molecule has 18 heavy (non-hydrogen) atoms. The van der Waals surface area contributed by atoms with Crippen molar-refractivity contribution in [2.45, 2.75) is 58.9 Å². The van der Waals surface area contributed by atoms with Gasteiger partial charge in [0, 0.05) is 11.6 Å². The van der Waals surface area contributed by atoms with E-state index in [0.717, 1.165) is 36.9 Å². The number of aryl methyl sites for hydroxylation is 1. The van der Waals surface area contributed by atoms with Crippen LogP contribution in [-0.4, -0.2) is 6.54 Å². The van der Waals surface area contributed by atoms with E-state index in [0.29, 0.717) is 0 Å². The van der Waals surface area contributed by atoms with Gasteiger partial charge in [0.05, 0.1) is 0 Å². The van der Waals surface area contributed by atoms with Gasteiger partial charge < -0.3 is 5.32 Å². The van der Waals surface area contributed by atoms with Gasteiger partial charge in [-0.2, -0.15) is 0 Å². The minimum Gasteiger partial charge on any atom is -0.310 e. The van der Waals surface area contributed by atoms with Gasteiger partial charge in [0.25, 0.3) is 0 Å². The molecular weight excluding hydrogens is 225 g/mol. The molecule has 1 N–H and O–H groups in total. The SMILES string of the molecule is CCCCCC(NCCC)c1cc(C)ccc1F. The maximum Gasteiger partial charge on any atom is 0.127 e. The number of rotatable bonds is 8. The van der Waals surface area contributed by atoms with E-state index in [9.17, 15) is 4.39 Å². The van der Waals surface area contributed by atoms with Gasteiger partial charge in [0.2, 0.25) is 0 Å². The molecule has 0 saturated heterocycles. The summed E-state index contributed by atoms with van der Waals surface area (Å²) in [5.74, 6) is -0.0781. The van der Waals surface area contributed by atoms with Crippen molar-refractivity contribution in [2.75, 3.05) is 6.54 Å². The zero-order chi connectivity index (χ0) is 13.4. The lowest BCUT2D eigenvalue weighted by Crippen LogP contribution is -2.23. The van der Waals surface area contributed by atoms with E-state index < -0.39 is 0 Å². The summed E-state index contributed by atoms with van der Waals surface area (Å²) in [4.78, 5) is 0. The number of benzene rings is 1. The third-order valence-corrected chi connectivity index (χ3v) is 3.26. The number of nitrogens with one attached hydrogen (secondary N) is 1. The highest BCUT2D eigenvalue weighted by Crippen LogP contribution is 2.23. The molecule has 102 valence electrons. The van der Waals surface area contributed by atoms with Gasteiger partial charge in [0.1, 0.15) is 5.82 Å². The zero-order valence-corrected chi connectivity index (χ0v) is 11.9. The Labute approximate surface area is 111 Å². The minimum absolute atomic E-state index is 0.0781. The zero-order valence-electron chi connectivity index (χ0n) is 11.9. The first-order chi connectivity index (χ1) is 8.69. The summed E-state index contributed by atoms with van der Waals surface area (Å²) in [6.07, 6.45) is 5.69. The number of hydrogen-bond acceptors (Lipinski definition) is 1. The molecular formula is C16H26FN. The van der Waals surface area contributed by atoms with Gasteiger partial charge in [-0.3, -0.25) is 0 Å². The van der Waals surface area contributed by atoms with Crippen LogP contribution in [0.15, 0.2) is 18.2 Å². The molecule has 1 aromatic rings. The largest absolute Gasteiger partial charge is 0.310 e. The van der Waals surface area contributed by atoms with Gasteiger partial charge in [-0.25, -0.2) is 4.39 Å². The molecule has 0 radical (unpaired) electrons. The van der Waals surface area contributed by atoms with Crippen LogP contribution in [0.3, 0.4) is 0 Å². The molecule has 0 bridgehead atoms. The first-order valence-electron chi connectivity index (χ1n) is 7.18. The van der Waals surface area contributed by atoms with Crippen molar-refractivity contribution in [1.29, 1.82) is 0 Å². The average Bonchev–Trinajstić information content (AvgIpc) is 2.37. The topological polar surface area (TPSA) is 12.0 Å². The third kappa shape index (κ3) is 4.77. The Morgan fingerprint density at radius 1 is 1.17 bits per heavy atom. The molecule has 1 rings (SSSR count). The molecule has 1 nitrogen and oxygen atoms in total. The summed E-state index contributed by atoms with van der Waals surface area (Å²) < 4.78 is 13.9. The molecule has 0 spiro atoms. The molecule has 0 heterocycles. The van der Waals surface area contributed by atoms with Crippen molar-refractivity contribution in [3.05, 3.63) is 35.1 Å². The number of halogens is 1. The van der Waals surface area contributed by atoms with Crippen molar-refractivity contribution in [3.8, 4) is 0 Å². The molecule has 0 aliphatic heterocycles. The Balaban J connectivity index is 2.75. The molecule has 0 aromatic heterocycles. The quantitative estimate of drug-likeness (QED) is 0.657. The average molecular weight is 251 g/mol. The summed E-state index contributed by atoms with van der Waals surface area (Å²) in [6, 6.07) is 5.57. The molecule has 2 heteroatoms. The van der Waals surface area contributed by atoms with Crippen LogP contribution in [0, 0.1) is 12.7 Å². The Bertz CT molecular complexity index is 349. The van der Waals surface area contributed by atoms with Crippen LogP contribution < -0.4 is 5.32 Å². The number of hydrogen-bond donors (Lipinski definition) is 1. The van der Waals surface area contributed by atoms with E-state index in [1.165, 1.54) is 12.8 Å². The van der Waals surface area contributed by atoms with Gasteiger partial charge in [-0.1, -0.05) is 50.8 Å². The highest BCUT2D eigenvalue weighted by molar-refractivity contribution is 5.26. The van der Waals surface area contributed by atoms with Gasteiger partial charge in [0.15, 0.2) is 0 Å². The van der Waals surface area contributed by atoms with Crippen LogP contribution in [-0.2, 0) is 0 Å². The van der Waals surface area contributed by atoms with Crippen molar-refractivity contribution in [2.24, 2.45) is 0 Å². The van der Waals surface area contributed by atoms with E-state index >= 15 is 0 Å². The number of unbranched alkanes of at least 4 members (excludes halogenated alkanes) is 2. The molecule has 0 aliphatic carbocycles. The normalized spacial score (nSPS) is 12.7. The summed E-state index contributed by atoms with van der Waals surface area (Å²) >= 11 is 0. The monoisotopic (exact) mass is 251 g/mol. The van der Waals surface area contributed by atoms with Crippen LogP contribution in [0.1, 0.15) is 63.1 Å². The van der Waals surface area contributed by atoms with Crippen molar-refractivity contribution in [3.63, 3.8) is 0 Å². The standard InChI is InChI=1S/C16H26FN/c1-4-6-7-8-16(18-11-5-2)14-12-13(3)9-10-15(14)17/h9-10,12,16,18H,4-8,11H2,1-3H3. The van der Waals surface area contributed by atoms with E-state index in [1.807, 2.05) is 19.1 Å². The Morgan fingerprint density at radius 3 is 2.61 bits per heavy atom. The highest BCUT2D eigenvalue weighted by Gasteiger charge is 2.14. The van der Waals surface area contributed by atoms with E-state index in [4.69, 9.17) is 0 Å². The van der Waals surface area contributed by atoms with Gasteiger partial charge in [-0.15, -0.1) is 0 Å². The highest BCUT2D eigenvalue weighted by atomic mass is 19.1. The summed E-state index contributed by atoms with van der Waals surface area (Å²) in [5.41, 5.74) is 1.96. The Hall–Kier alpha value is -0.890. The minimum atomic E-state index is -0.0781. The Morgan fingerprint density at radius 2 is 1.94 bits per heavy atom. The lowest BCUT2D eigenvalue weighted by Gasteiger charge is -2.20. The fourth-order valence-corrected chi connectivity index (χ4v) is 2.21. The van der Waals surface area contributed by atoms with Crippen molar-refractivity contribution in [1.82, 2.24) is 5.32 Å².